The number of piperidine rings is 1. The maximum absolute atomic E-state index is 12.9. The predicted molar refractivity (Wildman–Crippen MR) is 161 cm³/mol. The molecule has 0 radical (unpaired) electrons. The van der Waals surface area contributed by atoms with Crippen molar-refractivity contribution in [2.75, 3.05) is 23.7 Å². The molecule has 0 spiro atoms. The van der Waals surface area contributed by atoms with Crippen LogP contribution in [0.3, 0.4) is 0 Å². The minimum Gasteiger partial charge on any atom is -0.465 e. The average molecular weight is 567 g/mol. The van der Waals surface area contributed by atoms with Crippen LogP contribution in [0.15, 0.2) is 60.9 Å². The number of aromatic nitrogens is 3. The van der Waals surface area contributed by atoms with Crippen molar-refractivity contribution in [3.8, 4) is 22.9 Å². The van der Waals surface area contributed by atoms with Crippen molar-refractivity contribution in [2.45, 2.75) is 46.1 Å². The van der Waals surface area contributed by atoms with Crippen LogP contribution in [0, 0.1) is 18.3 Å². The number of anilines is 2. The molecular weight excluding hydrogens is 532 g/mol. The van der Waals surface area contributed by atoms with Crippen LogP contribution in [0.25, 0.3) is 22.0 Å². The smallest absolute Gasteiger partial charge is 0.407 e. The predicted octanol–water partition coefficient (Wildman–Crippen LogP) is 6.33. The minimum absolute atomic E-state index is 0.0199. The van der Waals surface area contributed by atoms with Crippen molar-refractivity contribution in [3.63, 3.8) is 0 Å². The Morgan fingerprint density at radius 1 is 1.05 bits per heavy atom. The van der Waals surface area contributed by atoms with E-state index < -0.39 is 6.09 Å². The third kappa shape index (κ3) is 5.57. The van der Waals surface area contributed by atoms with Gasteiger partial charge in [0.2, 0.25) is 17.7 Å². The standard InChI is InChI=1S/C32H34N6O4/c1-19-11-12-21-22(8-4-10-25(21)36-28(39)24-17-32(24,2)3)27(19)42-29-23(9-5-14-33-29)26-13-15-34-30(37-26)35-20-7-6-16-38(18-20)31(40)41/h4-5,8-15,20,24H,6-7,16-18H2,1-3H3,(H,36,39)(H,40,41)(H,34,35,37). The summed E-state index contributed by atoms with van der Waals surface area (Å²) in [5.74, 6) is 1.52. The number of rotatable bonds is 7. The molecule has 3 heterocycles. The summed E-state index contributed by atoms with van der Waals surface area (Å²) in [5, 5.41) is 17.6. The van der Waals surface area contributed by atoms with E-state index >= 15 is 0 Å². The summed E-state index contributed by atoms with van der Waals surface area (Å²) in [7, 11) is 0. The summed E-state index contributed by atoms with van der Waals surface area (Å²) in [6.45, 7) is 7.11. The number of hydrogen-bond donors (Lipinski definition) is 3. The highest BCUT2D eigenvalue weighted by Crippen LogP contribution is 2.52. The molecule has 2 aliphatic rings. The molecule has 4 aromatic rings. The number of ether oxygens (including phenoxy) is 1. The molecule has 1 saturated heterocycles. The summed E-state index contributed by atoms with van der Waals surface area (Å²) in [4.78, 5) is 39.4. The Morgan fingerprint density at radius 3 is 2.67 bits per heavy atom. The van der Waals surface area contributed by atoms with E-state index in [0.717, 1.165) is 41.3 Å². The van der Waals surface area contributed by atoms with Crippen LogP contribution in [0.1, 0.15) is 38.7 Å². The van der Waals surface area contributed by atoms with E-state index in [-0.39, 0.29) is 23.3 Å². The SMILES string of the molecule is Cc1ccc2c(NC(=O)C3CC3(C)C)cccc2c1Oc1ncccc1-c1ccnc(NC2CCCN(C(=O)O)C2)n1. The molecule has 1 saturated carbocycles. The Labute approximate surface area is 244 Å². The van der Waals surface area contributed by atoms with E-state index in [4.69, 9.17) is 9.72 Å². The first-order valence-electron chi connectivity index (χ1n) is 14.2. The van der Waals surface area contributed by atoms with Crippen molar-refractivity contribution in [1.82, 2.24) is 19.9 Å². The molecule has 2 unspecified atom stereocenters. The Kier molecular flexibility index (Phi) is 7.14. The van der Waals surface area contributed by atoms with Crippen LogP contribution in [0.2, 0.25) is 0 Å². The Hall–Kier alpha value is -4.73. The molecule has 2 atom stereocenters. The summed E-state index contributed by atoms with van der Waals surface area (Å²) in [5.41, 5.74) is 3.04. The molecular formula is C32H34N6O4. The summed E-state index contributed by atoms with van der Waals surface area (Å²) in [6.07, 6.45) is 4.92. The Bertz CT molecular complexity index is 1670. The quantitative estimate of drug-likeness (QED) is 0.237. The molecule has 3 N–H and O–H groups in total. The lowest BCUT2D eigenvalue weighted by Crippen LogP contribution is -2.44. The van der Waals surface area contributed by atoms with Gasteiger partial charge >= 0.3 is 6.09 Å². The lowest BCUT2D eigenvalue weighted by molar-refractivity contribution is -0.117. The molecule has 2 aromatic heterocycles. The maximum atomic E-state index is 12.9. The van der Waals surface area contributed by atoms with Crippen LogP contribution >= 0.6 is 0 Å². The van der Waals surface area contributed by atoms with Gasteiger partial charge in [0.05, 0.1) is 11.3 Å². The number of amides is 2. The zero-order chi connectivity index (χ0) is 29.4. The van der Waals surface area contributed by atoms with Crippen molar-refractivity contribution < 1.29 is 19.4 Å². The highest BCUT2D eigenvalue weighted by Gasteiger charge is 2.50. The molecule has 1 aliphatic heterocycles. The van der Waals surface area contributed by atoms with Gasteiger partial charge in [0.1, 0.15) is 5.75 Å². The Balaban J connectivity index is 1.28. The first kappa shape index (κ1) is 27.4. The molecule has 2 amide bonds. The minimum atomic E-state index is -0.918. The molecule has 42 heavy (non-hydrogen) atoms. The number of aryl methyl sites for hydroxylation is 1. The van der Waals surface area contributed by atoms with E-state index in [1.165, 1.54) is 4.90 Å². The normalized spacial score (nSPS) is 19.3. The van der Waals surface area contributed by atoms with Crippen molar-refractivity contribution in [1.29, 1.82) is 0 Å². The van der Waals surface area contributed by atoms with E-state index in [1.807, 2.05) is 49.4 Å². The van der Waals surface area contributed by atoms with Crippen molar-refractivity contribution in [3.05, 3.63) is 66.5 Å². The number of fused-ring (bicyclic) bond motifs is 1. The third-order valence-electron chi connectivity index (χ3n) is 8.22. The second kappa shape index (κ2) is 10.9. The lowest BCUT2D eigenvalue weighted by atomic mass is 10.0. The van der Waals surface area contributed by atoms with Gasteiger partial charge in [-0.25, -0.2) is 19.7 Å². The zero-order valence-corrected chi connectivity index (χ0v) is 23.9. The lowest BCUT2D eigenvalue weighted by Gasteiger charge is -2.31. The van der Waals surface area contributed by atoms with Gasteiger partial charge in [0.15, 0.2) is 0 Å². The van der Waals surface area contributed by atoms with Gasteiger partial charge in [0.25, 0.3) is 0 Å². The zero-order valence-electron chi connectivity index (χ0n) is 23.9. The first-order valence-corrected chi connectivity index (χ1v) is 14.2. The number of hydrogen-bond acceptors (Lipinski definition) is 7. The number of likely N-dealkylation sites (tertiary alicyclic amines) is 1. The van der Waals surface area contributed by atoms with Gasteiger partial charge in [-0.15, -0.1) is 0 Å². The maximum Gasteiger partial charge on any atom is 0.407 e. The van der Waals surface area contributed by atoms with Gasteiger partial charge in [-0.1, -0.05) is 38.1 Å². The van der Waals surface area contributed by atoms with Gasteiger partial charge in [-0.3, -0.25) is 4.79 Å². The highest BCUT2D eigenvalue weighted by atomic mass is 16.5. The van der Waals surface area contributed by atoms with Crippen LogP contribution in [0.4, 0.5) is 16.4 Å². The number of benzene rings is 2. The molecule has 1 aliphatic carbocycles. The second-order valence-electron chi connectivity index (χ2n) is 11.8. The molecule has 10 nitrogen and oxygen atoms in total. The molecule has 2 aromatic carbocycles. The number of carbonyl (C=O) groups is 2. The number of nitrogens with one attached hydrogen (secondary N) is 2. The summed E-state index contributed by atoms with van der Waals surface area (Å²) >= 11 is 0. The molecule has 216 valence electrons. The van der Waals surface area contributed by atoms with Crippen LogP contribution in [-0.4, -0.2) is 56.1 Å². The number of nitrogens with zero attached hydrogens (tertiary/aromatic N) is 4. The fourth-order valence-corrected chi connectivity index (χ4v) is 5.61. The van der Waals surface area contributed by atoms with E-state index in [1.54, 1.807) is 18.5 Å². The molecule has 10 heteroatoms. The fourth-order valence-electron chi connectivity index (χ4n) is 5.61. The largest absolute Gasteiger partial charge is 0.465 e. The van der Waals surface area contributed by atoms with Gasteiger partial charge in [-0.2, -0.15) is 0 Å². The number of carboxylic acid groups (broad SMARTS) is 1. The van der Waals surface area contributed by atoms with Crippen molar-refractivity contribution >= 4 is 34.4 Å². The Morgan fingerprint density at radius 2 is 1.88 bits per heavy atom. The fraction of sp³-hybridized carbons (Fsp3) is 0.344. The summed E-state index contributed by atoms with van der Waals surface area (Å²) in [6, 6.07) is 15.2. The number of carbonyl (C=O) groups excluding carboxylic acids is 1. The second-order valence-corrected chi connectivity index (χ2v) is 11.8. The third-order valence-corrected chi connectivity index (χ3v) is 8.22. The molecule has 0 bridgehead atoms. The van der Waals surface area contributed by atoms with E-state index in [0.29, 0.717) is 41.9 Å². The van der Waals surface area contributed by atoms with Gasteiger partial charge < -0.3 is 25.4 Å². The van der Waals surface area contributed by atoms with Crippen LogP contribution in [0.5, 0.6) is 11.6 Å². The van der Waals surface area contributed by atoms with E-state index in [9.17, 15) is 14.7 Å². The first-order chi connectivity index (χ1) is 20.2. The van der Waals surface area contributed by atoms with Crippen molar-refractivity contribution in [2.24, 2.45) is 11.3 Å². The monoisotopic (exact) mass is 566 g/mol. The van der Waals surface area contributed by atoms with Crippen LogP contribution in [-0.2, 0) is 4.79 Å². The van der Waals surface area contributed by atoms with Crippen LogP contribution < -0.4 is 15.4 Å². The summed E-state index contributed by atoms with van der Waals surface area (Å²) < 4.78 is 6.51. The molecule has 2 fully saturated rings. The topological polar surface area (TPSA) is 130 Å². The van der Waals surface area contributed by atoms with Gasteiger partial charge in [0, 0.05) is 53.9 Å². The number of pyridine rings is 1. The molecule has 6 rings (SSSR count). The average Bonchev–Trinajstić information content (AvgIpc) is 3.63. The van der Waals surface area contributed by atoms with Gasteiger partial charge in [-0.05, 0) is 61.4 Å². The highest BCUT2D eigenvalue weighted by molar-refractivity contribution is 6.05. The van der Waals surface area contributed by atoms with E-state index in [2.05, 4.69) is 34.4 Å².